The minimum absolute atomic E-state index is 0.113. The zero-order valence-electron chi connectivity index (χ0n) is 9.44. The van der Waals surface area contributed by atoms with Crippen LogP contribution in [0.1, 0.15) is 23.1 Å². The maximum Gasteiger partial charge on any atom is 0.284 e. The second-order valence-electron chi connectivity index (χ2n) is 3.41. The number of rotatable bonds is 5. The number of aromatic nitrogens is 2. The molecule has 0 saturated carbocycles. The van der Waals surface area contributed by atoms with Gasteiger partial charge >= 0.3 is 0 Å². The molecule has 0 aliphatic heterocycles. The first-order valence-corrected chi connectivity index (χ1v) is 7.40. The first kappa shape index (κ1) is 13.7. The maximum atomic E-state index is 11.9. The highest BCUT2D eigenvalue weighted by molar-refractivity contribution is 7.98. The summed E-state index contributed by atoms with van der Waals surface area (Å²) in [7, 11) is 1.78. The summed E-state index contributed by atoms with van der Waals surface area (Å²) < 4.78 is 0.300. The number of thioether (sulfide) groups is 1. The molecule has 1 heterocycles. The second kappa shape index (κ2) is 6.42. The van der Waals surface area contributed by atoms with Crippen molar-refractivity contribution < 1.29 is 4.79 Å². The summed E-state index contributed by atoms with van der Waals surface area (Å²) in [5.74, 6) is 0.924. The molecule has 16 heavy (non-hydrogen) atoms. The lowest BCUT2D eigenvalue weighted by Crippen LogP contribution is -2.35. The normalized spacial score (nSPS) is 12.5. The van der Waals surface area contributed by atoms with Crippen molar-refractivity contribution in [1.29, 1.82) is 0 Å². The van der Waals surface area contributed by atoms with Crippen molar-refractivity contribution in [3.63, 3.8) is 0 Å². The van der Waals surface area contributed by atoms with Crippen LogP contribution in [0, 0.1) is 0 Å². The summed E-state index contributed by atoms with van der Waals surface area (Å²) in [4.78, 5) is 13.6. The van der Waals surface area contributed by atoms with E-state index < -0.39 is 0 Å². The van der Waals surface area contributed by atoms with E-state index in [1.165, 1.54) is 0 Å². The molecule has 0 spiro atoms. The third kappa shape index (κ3) is 3.61. The third-order valence-electron chi connectivity index (χ3n) is 2.30. The Bertz CT molecular complexity index is 358. The smallest absolute Gasteiger partial charge is 0.284 e. The molecule has 0 saturated heterocycles. The van der Waals surface area contributed by atoms with E-state index >= 15 is 0 Å². The van der Waals surface area contributed by atoms with Gasteiger partial charge in [0.25, 0.3) is 5.91 Å². The van der Waals surface area contributed by atoms with Crippen molar-refractivity contribution in [3.05, 3.63) is 9.47 Å². The largest absolute Gasteiger partial charge is 0.337 e. The first-order valence-electron chi connectivity index (χ1n) is 4.81. The van der Waals surface area contributed by atoms with Gasteiger partial charge in [-0.15, -0.1) is 10.2 Å². The summed E-state index contributed by atoms with van der Waals surface area (Å²) in [6.45, 7) is 2.02. The van der Waals surface area contributed by atoms with Crippen molar-refractivity contribution >= 4 is 40.6 Å². The summed E-state index contributed by atoms with van der Waals surface area (Å²) in [6, 6.07) is 0.197. The van der Waals surface area contributed by atoms with Gasteiger partial charge in [-0.1, -0.05) is 11.3 Å². The van der Waals surface area contributed by atoms with Gasteiger partial charge in [-0.2, -0.15) is 11.8 Å². The van der Waals surface area contributed by atoms with Crippen LogP contribution in [0.3, 0.4) is 0 Å². The molecule has 0 aromatic carbocycles. The minimum atomic E-state index is -0.113. The molecule has 0 N–H and O–H groups in total. The molecule has 0 aliphatic rings. The van der Waals surface area contributed by atoms with Crippen molar-refractivity contribution in [2.24, 2.45) is 0 Å². The number of carbonyl (C=O) groups excluding carboxylic acids is 1. The highest BCUT2D eigenvalue weighted by Gasteiger charge is 2.20. The Hall–Kier alpha value is -0.330. The van der Waals surface area contributed by atoms with E-state index in [-0.39, 0.29) is 11.9 Å². The molecule has 1 amide bonds. The summed E-state index contributed by atoms with van der Waals surface area (Å²) in [6.07, 6.45) is 3.02. The van der Waals surface area contributed by atoms with Gasteiger partial charge < -0.3 is 4.90 Å². The quantitative estimate of drug-likeness (QED) is 0.830. The third-order valence-corrected chi connectivity index (χ3v) is 3.96. The molecule has 0 aliphatic carbocycles. The van der Waals surface area contributed by atoms with Crippen LogP contribution in [0.2, 0.25) is 4.47 Å². The van der Waals surface area contributed by atoms with Crippen LogP contribution in [-0.4, -0.2) is 46.1 Å². The lowest BCUT2D eigenvalue weighted by Gasteiger charge is -2.23. The van der Waals surface area contributed by atoms with Crippen molar-refractivity contribution in [3.8, 4) is 0 Å². The first-order chi connectivity index (χ1) is 7.56. The van der Waals surface area contributed by atoms with Crippen molar-refractivity contribution in [2.45, 2.75) is 19.4 Å². The molecular weight excluding hydrogens is 266 g/mol. The van der Waals surface area contributed by atoms with Gasteiger partial charge in [0.05, 0.1) is 0 Å². The molecule has 1 unspecified atom stereocenters. The van der Waals surface area contributed by atoms with Crippen LogP contribution < -0.4 is 0 Å². The average Bonchev–Trinajstić information content (AvgIpc) is 2.70. The lowest BCUT2D eigenvalue weighted by atomic mass is 10.2. The van der Waals surface area contributed by atoms with Gasteiger partial charge in [0.2, 0.25) is 9.47 Å². The van der Waals surface area contributed by atoms with Crippen LogP contribution in [0.4, 0.5) is 0 Å². The molecule has 0 fully saturated rings. The Morgan fingerprint density at radius 1 is 1.62 bits per heavy atom. The van der Waals surface area contributed by atoms with Crippen LogP contribution in [-0.2, 0) is 0 Å². The zero-order valence-corrected chi connectivity index (χ0v) is 11.8. The van der Waals surface area contributed by atoms with Gasteiger partial charge in [-0.3, -0.25) is 4.79 Å². The number of carbonyl (C=O) groups is 1. The molecule has 4 nitrogen and oxygen atoms in total. The predicted molar refractivity (Wildman–Crippen MR) is 69.5 cm³/mol. The molecular formula is C9H14ClN3OS2. The van der Waals surface area contributed by atoms with E-state index in [0.717, 1.165) is 23.5 Å². The Labute approximate surface area is 108 Å². The molecule has 1 rings (SSSR count). The van der Waals surface area contributed by atoms with Crippen LogP contribution in [0.25, 0.3) is 0 Å². The highest BCUT2D eigenvalue weighted by atomic mass is 35.5. The fourth-order valence-corrected chi connectivity index (χ4v) is 2.51. The summed E-state index contributed by atoms with van der Waals surface area (Å²) >= 11 is 8.53. The molecule has 1 aromatic heterocycles. The van der Waals surface area contributed by atoms with Gasteiger partial charge in [0.15, 0.2) is 0 Å². The van der Waals surface area contributed by atoms with E-state index in [1.807, 2.05) is 6.92 Å². The van der Waals surface area contributed by atoms with E-state index in [1.54, 1.807) is 23.7 Å². The number of hydrogen-bond donors (Lipinski definition) is 0. The van der Waals surface area contributed by atoms with Crippen molar-refractivity contribution in [1.82, 2.24) is 15.1 Å². The van der Waals surface area contributed by atoms with Crippen LogP contribution in [0.5, 0.6) is 0 Å². The van der Waals surface area contributed by atoms with Crippen LogP contribution >= 0.6 is 34.7 Å². The Morgan fingerprint density at radius 2 is 2.31 bits per heavy atom. The highest BCUT2D eigenvalue weighted by Crippen LogP contribution is 2.17. The maximum absolute atomic E-state index is 11.9. The number of amides is 1. The number of hydrogen-bond acceptors (Lipinski definition) is 5. The van der Waals surface area contributed by atoms with Gasteiger partial charge in [0.1, 0.15) is 0 Å². The molecule has 90 valence electrons. The second-order valence-corrected chi connectivity index (χ2v) is 5.95. The van der Waals surface area contributed by atoms with E-state index in [2.05, 4.69) is 16.5 Å². The fraction of sp³-hybridized carbons (Fsp3) is 0.667. The fourth-order valence-electron chi connectivity index (χ4n) is 1.12. The molecule has 1 aromatic rings. The monoisotopic (exact) mass is 279 g/mol. The number of halogens is 1. The Kier molecular flexibility index (Phi) is 5.51. The minimum Gasteiger partial charge on any atom is -0.337 e. The number of nitrogens with zero attached hydrogens (tertiary/aromatic N) is 3. The average molecular weight is 280 g/mol. The SMILES string of the molecule is CSCCC(C)N(C)C(=O)c1nnc(Cl)s1. The topological polar surface area (TPSA) is 46.1 Å². The van der Waals surface area contributed by atoms with E-state index in [0.29, 0.717) is 9.47 Å². The van der Waals surface area contributed by atoms with Crippen molar-refractivity contribution in [2.75, 3.05) is 19.1 Å². The Morgan fingerprint density at radius 3 is 2.81 bits per heavy atom. The predicted octanol–water partition coefficient (Wildman–Crippen LogP) is 2.41. The van der Waals surface area contributed by atoms with Gasteiger partial charge in [0, 0.05) is 13.1 Å². The Balaban J connectivity index is 2.59. The molecule has 0 radical (unpaired) electrons. The zero-order chi connectivity index (χ0) is 12.1. The van der Waals surface area contributed by atoms with E-state index in [9.17, 15) is 4.79 Å². The molecule has 7 heteroatoms. The van der Waals surface area contributed by atoms with E-state index in [4.69, 9.17) is 11.6 Å². The lowest BCUT2D eigenvalue weighted by molar-refractivity contribution is 0.0740. The summed E-state index contributed by atoms with van der Waals surface area (Å²) in [5, 5.41) is 7.71. The standard InChI is InChI=1S/C9H14ClN3OS2/c1-6(4-5-15-3)13(2)8(14)7-11-12-9(10)16-7/h6H,4-5H2,1-3H3. The van der Waals surface area contributed by atoms with Crippen LogP contribution in [0.15, 0.2) is 0 Å². The summed E-state index contributed by atoms with van der Waals surface area (Å²) in [5.41, 5.74) is 0. The molecule has 0 bridgehead atoms. The molecule has 1 atom stereocenters. The van der Waals surface area contributed by atoms with Gasteiger partial charge in [-0.25, -0.2) is 0 Å². The van der Waals surface area contributed by atoms with Gasteiger partial charge in [-0.05, 0) is 37.0 Å².